The molecule has 4 nitrogen and oxygen atoms in total. The highest BCUT2D eigenvalue weighted by Crippen LogP contribution is 2.20. The number of H-pyrrole nitrogens is 1. The molecule has 0 fully saturated rings. The number of aromatic amines is 1. The van der Waals surface area contributed by atoms with Crippen LogP contribution >= 0.6 is 0 Å². The van der Waals surface area contributed by atoms with Crippen LogP contribution in [0.5, 0.6) is 0 Å². The van der Waals surface area contributed by atoms with Gasteiger partial charge in [-0.2, -0.15) is 5.10 Å². The first kappa shape index (κ1) is 11.2. The van der Waals surface area contributed by atoms with E-state index in [1.54, 1.807) is 0 Å². The van der Waals surface area contributed by atoms with Crippen molar-refractivity contribution in [3.8, 4) is 0 Å². The molecule has 5 heteroatoms. The molecule has 0 bridgehead atoms. The Morgan fingerprint density at radius 2 is 2.53 bits per heavy atom. The van der Waals surface area contributed by atoms with Crippen molar-refractivity contribution in [2.45, 2.75) is 12.5 Å². The minimum absolute atomic E-state index is 0.341. The average molecular weight is 210 g/mol. The molecule has 1 N–H and O–H groups in total. The van der Waals surface area contributed by atoms with Crippen molar-refractivity contribution in [1.29, 1.82) is 0 Å². The molecular formula is C10H11FN2O2. The van der Waals surface area contributed by atoms with E-state index in [1.807, 2.05) is 0 Å². The molecule has 1 aromatic heterocycles. The molecule has 15 heavy (non-hydrogen) atoms. The minimum atomic E-state index is -0.552. The lowest BCUT2D eigenvalue weighted by Gasteiger charge is -2.09. The number of hydrogen-bond donors (Lipinski definition) is 1. The lowest BCUT2D eigenvalue weighted by atomic mass is 10.1. The third kappa shape index (κ3) is 2.77. The van der Waals surface area contributed by atoms with Crippen LogP contribution in [0.4, 0.5) is 4.39 Å². The number of halogens is 1. The van der Waals surface area contributed by atoms with E-state index in [1.165, 1.54) is 18.3 Å². The molecule has 0 aliphatic carbocycles. The van der Waals surface area contributed by atoms with Gasteiger partial charge in [0.1, 0.15) is 6.10 Å². The molecule has 0 aliphatic heterocycles. The van der Waals surface area contributed by atoms with Crippen LogP contribution in [0.2, 0.25) is 0 Å². The van der Waals surface area contributed by atoms with Crippen molar-refractivity contribution in [1.82, 2.24) is 10.2 Å². The second-order valence-corrected chi connectivity index (χ2v) is 2.76. The SMILES string of the molecule is C=CC(OC=O)c1cn[nH]c1CC=CF. The predicted octanol–water partition coefficient (Wildman–Crippen LogP) is 1.84. The third-order valence-electron chi connectivity index (χ3n) is 1.89. The van der Waals surface area contributed by atoms with Gasteiger partial charge in [0.15, 0.2) is 0 Å². The Morgan fingerprint density at radius 1 is 1.73 bits per heavy atom. The Morgan fingerprint density at radius 3 is 3.13 bits per heavy atom. The predicted molar refractivity (Wildman–Crippen MR) is 52.6 cm³/mol. The first-order valence-corrected chi connectivity index (χ1v) is 4.32. The molecular weight excluding hydrogens is 199 g/mol. The summed E-state index contributed by atoms with van der Waals surface area (Å²) in [7, 11) is 0. The molecule has 0 spiro atoms. The number of aromatic nitrogens is 2. The second kappa shape index (κ2) is 5.74. The minimum Gasteiger partial charge on any atom is -0.455 e. The van der Waals surface area contributed by atoms with Crippen LogP contribution in [0, 0.1) is 0 Å². The Hall–Kier alpha value is -1.91. The van der Waals surface area contributed by atoms with E-state index in [4.69, 9.17) is 4.74 Å². The van der Waals surface area contributed by atoms with Crippen LogP contribution in [-0.4, -0.2) is 16.7 Å². The number of nitrogens with one attached hydrogen (secondary N) is 1. The lowest BCUT2D eigenvalue weighted by molar-refractivity contribution is -0.131. The van der Waals surface area contributed by atoms with Crippen LogP contribution in [0.15, 0.2) is 31.3 Å². The summed E-state index contributed by atoms with van der Waals surface area (Å²) in [5, 5.41) is 6.50. The summed E-state index contributed by atoms with van der Waals surface area (Å²) in [6, 6.07) is 0. The molecule has 1 rings (SSSR count). The smallest absolute Gasteiger partial charge is 0.294 e. The summed E-state index contributed by atoms with van der Waals surface area (Å²) in [5.74, 6) is 0. The fourth-order valence-electron chi connectivity index (χ4n) is 1.21. The van der Waals surface area contributed by atoms with E-state index in [9.17, 15) is 9.18 Å². The van der Waals surface area contributed by atoms with Crippen molar-refractivity contribution < 1.29 is 13.9 Å². The highest BCUT2D eigenvalue weighted by Gasteiger charge is 2.14. The Labute approximate surface area is 86.4 Å². The van der Waals surface area contributed by atoms with Gasteiger partial charge in [-0.25, -0.2) is 4.39 Å². The molecule has 0 aliphatic rings. The van der Waals surface area contributed by atoms with Gasteiger partial charge >= 0.3 is 0 Å². The molecule has 0 amide bonds. The Kier molecular flexibility index (Phi) is 4.28. The van der Waals surface area contributed by atoms with Crippen molar-refractivity contribution >= 4 is 6.47 Å². The molecule has 0 saturated heterocycles. The third-order valence-corrected chi connectivity index (χ3v) is 1.89. The van der Waals surface area contributed by atoms with Gasteiger partial charge in [-0.1, -0.05) is 12.7 Å². The topological polar surface area (TPSA) is 55.0 Å². The lowest BCUT2D eigenvalue weighted by Crippen LogP contribution is -2.01. The maximum absolute atomic E-state index is 11.8. The molecule has 0 saturated carbocycles. The van der Waals surface area contributed by atoms with Gasteiger partial charge in [-0.05, 0) is 6.08 Å². The number of rotatable bonds is 6. The van der Waals surface area contributed by atoms with E-state index < -0.39 is 6.10 Å². The number of carbonyl (C=O) groups is 1. The maximum Gasteiger partial charge on any atom is 0.294 e. The highest BCUT2D eigenvalue weighted by molar-refractivity contribution is 5.40. The van der Waals surface area contributed by atoms with Gasteiger partial charge in [0.25, 0.3) is 6.47 Å². The number of nitrogens with zero attached hydrogens (tertiary/aromatic N) is 1. The zero-order valence-electron chi connectivity index (χ0n) is 8.02. The summed E-state index contributed by atoms with van der Waals surface area (Å²) in [5.41, 5.74) is 1.37. The monoisotopic (exact) mass is 210 g/mol. The van der Waals surface area contributed by atoms with E-state index in [0.717, 1.165) is 0 Å². The highest BCUT2D eigenvalue weighted by atomic mass is 19.1. The first-order valence-electron chi connectivity index (χ1n) is 4.32. The fourth-order valence-corrected chi connectivity index (χ4v) is 1.21. The Balaban J connectivity index is 2.86. The van der Waals surface area contributed by atoms with Crippen LogP contribution in [0.1, 0.15) is 17.4 Å². The summed E-state index contributed by atoms with van der Waals surface area (Å²) < 4.78 is 16.6. The number of allylic oxidation sites excluding steroid dienone is 1. The summed E-state index contributed by atoms with van der Waals surface area (Å²) in [4.78, 5) is 10.2. The van der Waals surface area contributed by atoms with E-state index >= 15 is 0 Å². The average Bonchev–Trinajstić information content (AvgIpc) is 2.71. The maximum atomic E-state index is 11.8. The molecule has 1 unspecified atom stereocenters. The molecule has 1 heterocycles. The van der Waals surface area contributed by atoms with Crippen LogP contribution in [-0.2, 0) is 16.0 Å². The van der Waals surface area contributed by atoms with Crippen LogP contribution in [0.3, 0.4) is 0 Å². The number of hydrogen-bond acceptors (Lipinski definition) is 3. The van der Waals surface area contributed by atoms with Gasteiger partial charge in [-0.3, -0.25) is 9.89 Å². The largest absolute Gasteiger partial charge is 0.455 e. The van der Waals surface area contributed by atoms with Gasteiger partial charge in [-0.15, -0.1) is 0 Å². The zero-order chi connectivity index (χ0) is 11.1. The van der Waals surface area contributed by atoms with Crippen molar-refractivity contribution in [2.24, 2.45) is 0 Å². The second-order valence-electron chi connectivity index (χ2n) is 2.76. The molecule has 0 aromatic carbocycles. The summed E-state index contributed by atoms with van der Waals surface area (Å²) in [6.07, 6.45) is 4.59. The molecule has 1 aromatic rings. The van der Waals surface area contributed by atoms with Crippen molar-refractivity contribution in [2.75, 3.05) is 0 Å². The number of carbonyl (C=O) groups excluding carboxylic acids is 1. The molecule has 80 valence electrons. The summed E-state index contributed by atoms with van der Waals surface area (Å²) >= 11 is 0. The van der Waals surface area contributed by atoms with Gasteiger partial charge < -0.3 is 4.74 Å². The standard InChI is InChI=1S/C10H11FN2O2/c1-2-10(15-7-14)8-6-12-13-9(8)4-3-5-11/h2-3,5-7,10H,1,4H2,(H,12,13). The first-order chi connectivity index (χ1) is 7.33. The number of ether oxygens (including phenoxy) is 1. The molecule has 0 radical (unpaired) electrons. The molecule has 1 atom stereocenters. The zero-order valence-corrected chi connectivity index (χ0v) is 8.02. The normalized spacial score (nSPS) is 12.6. The van der Waals surface area contributed by atoms with E-state index in [2.05, 4.69) is 16.8 Å². The Bertz CT molecular complexity index is 360. The van der Waals surface area contributed by atoms with Gasteiger partial charge in [0.05, 0.1) is 12.5 Å². The quantitative estimate of drug-likeness (QED) is 0.575. The van der Waals surface area contributed by atoms with Gasteiger partial charge in [0, 0.05) is 17.7 Å². The van der Waals surface area contributed by atoms with Crippen molar-refractivity contribution in [3.63, 3.8) is 0 Å². The van der Waals surface area contributed by atoms with E-state index in [-0.39, 0.29) is 0 Å². The fraction of sp³-hybridized carbons (Fsp3) is 0.200. The van der Waals surface area contributed by atoms with Gasteiger partial charge in [0.2, 0.25) is 0 Å². The van der Waals surface area contributed by atoms with Crippen LogP contribution in [0.25, 0.3) is 0 Å². The summed E-state index contributed by atoms with van der Waals surface area (Å²) in [6.45, 7) is 3.88. The van der Waals surface area contributed by atoms with Crippen LogP contribution < -0.4 is 0 Å². The van der Waals surface area contributed by atoms with E-state index in [0.29, 0.717) is 30.5 Å². The van der Waals surface area contributed by atoms with Crippen molar-refractivity contribution in [3.05, 3.63) is 42.5 Å².